The third-order valence-corrected chi connectivity index (χ3v) is 5.72. The van der Waals surface area contributed by atoms with Gasteiger partial charge in [0.2, 0.25) is 0 Å². The fourth-order valence-corrected chi connectivity index (χ4v) is 3.92. The topological polar surface area (TPSA) is 51.1 Å². The fourth-order valence-electron chi connectivity index (χ4n) is 3.53. The van der Waals surface area contributed by atoms with Crippen LogP contribution in [0.15, 0.2) is 72.8 Å². The molecular formula is C26H25ClN4OS. The summed E-state index contributed by atoms with van der Waals surface area (Å²) in [6, 6.07) is 23.5. The van der Waals surface area contributed by atoms with E-state index in [4.69, 9.17) is 33.7 Å². The fraction of sp³-hybridized carbons (Fsp3) is 0.154. The van der Waals surface area contributed by atoms with Crippen LogP contribution in [0, 0.1) is 20.8 Å². The molecule has 168 valence electrons. The van der Waals surface area contributed by atoms with Crippen molar-refractivity contribution in [1.82, 2.24) is 9.78 Å². The Bertz CT molecular complexity index is 1290. The molecule has 1 aromatic heterocycles. The molecule has 7 heteroatoms. The molecule has 0 bridgehead atoms. The van der Waals surface area contributed by atoms with E-state index in [1.807, 2.05) is 92.2 Å². The van der Waals surface area contributed by atoms with Crippen LogP contribution in [0.2, 0.25) is 5.02 Å². The molecule has 1 heterocycles. The number of para-hydroxylation sites is 1. The predicted molar refractivity (Wildman–Crippen MR) is 140 cm³/mol. The molecular weight excluding hydrogens is 452 g/mol. The maximum Gasteiger partial charge on any atom is 0.175 e. The molecule has 0 unspecified atom stereocenters. The lowest BCUT2D eigenvalue weighted by Gasteiger charge is -2.13. The maximum absolute atomic E-state index is 6.12. The standard InChI is InChI=1S/C26H25ClN4OS/c1-17-12-13-21(27)15-24(17)28-26(33)29-25-18(2)30-31(19(25)3)16-20-8-7-11-23(14-20)32-22-9-5-4-6-10-22/h4-15H,16H2,1-3H3,(H2,28,29,33). The third-order valence-electron chi connectivity index (χ3n) is 5.28. The number of ether oxygens (including phenoxy) is 1. The number of aromatic nitrogens is 2. The molecule has 5 nitrogen and oxygen atoms in total. The first-order valence-electron chi connectivity index (χ1n) is 10.6. The first-order valence-corrected chi connectivity index (χ1v) is 11.4. The molecule has 3 aromatic carbocycles. The van der Waals surface area contributed by atoms with Crippen molar-refractivity contribution in [1.29, 1.82) is 0 Å². The Morgan fingerprint density at radius 1 is 0.939 bits per heavy atom. The molecule has 0 fully saturated rings. The highest BCUT2D eigenvalue weighted by Gasteiger charge is 2.14. The van der Waals surface area contributed by atoms with Crippen LogP contribution in [-0.2, 0) is 6.54 Å². The molecule has 2 N–H and O–H groups in total. The monoisotopic (exact) mass is 476 g/mol. The number of anilines is 2. The molecule has 0 saturated heterocycles. The summed E-state index contributed by atoms with van der Waals surface area (Å²) in [4.78, 5) is 0. The first kappa shape index (κ1) is 22.8. The summed E-state index contributed by atoms with van der Waals surface area (Å²) < 4.78 is 7.93. The van der Waals surface area contributed by atoms with E-state index >= 15 is 0 Å². The minimum atomic E-state index is 0.490. The van der Waals surface area contributed by atoms with E-state index < -0.39 is 0 Å². The van der Waals surface area contributed by atoms with Gasteiger partial charge in [0.1, 0.15) is 11.5 Å². The van der Waals surface area contributed by atoms with Crippen molar-refractivity contribution in [2.75, 3.05) is 10.6 Å². The Morgan fingerprint density at radius 3 is 2.48 bits per heavy atom. The lowest BCUT2D eigenvalue weighted by molar-refractivity contribution is 0.481. The molecule has 0 radical (unpaired) electrons. The average Bonchev–Trinajstić information content (AvgIpc) is 3.04. The van der Waals surface area contributed by atoms with Crippen LogP contribution in [0.1, 0.15) is 22.5 Å². The Hall–Kier alpha value is -3.35. The van der Waals surface area contributed by atoms with Crippen LogP contribution >= 0.6 is 23.8 Å². The van der Waals surface area contributed by atoms with Gasteiger partial charge in [-0.2, -0.15) is 5.10 Å². The van der Waals surface area contributed by atoms with Crippen LogP contribution in [0.3, 0.4) is 0 Å². The predicted octanol–water partition coefficient (Wildman–Crippen LogP) is 7.11. The number of hydrogen-bond donors (Lipinski definition) is 2. The third kappa shape index (κ3) is 5.72. The van der Waals surface area contributed by atoms with Gasteiger partial charge >= 0.3 is 0 Å². The average molecular weight is 477 g/mol. The van der Waals surface area contributed by atoms with E-state index in [9.17, 15) is 0 Å². The second-order valence-corrected chi connectivity index (χ2v) is 8.65. The molecule has 4 aromatic rings. The minimum Gasteiger partial charge on any atom is -0.457 e. The van der Waals surface area contributed by atoms with Crippen molar-refractivity contribution in [3.8, 4) is 11.5 Å². The summed E-state index contributed by atoms with van der Waals surface area (Å²) in [5.74, 6) is 1.60. The van der Waals surface area contributed by atoms with Crippen molar-refractivity contribution in [2.45, 2.75) is 27.3 Å². The van der Waals surface area contributed by atoms with Gasteiger partial charge in [0, 0.05) is 10.7 Å². The van der Waals surface area contributed by atoms with Gasteiger partial charge in [-0.25, -0.2) is 0 Å². The highest BCUT2D eigenvalue weighted by atomic mass is 35.5. The maximum atomic E-state index is 6.12. The van der Waals surface area contributed by atoms with Gasteiger partial charge < -0.3 is 15.4 Å². The lowest BCUT2D eigenvalue weighted by atomic mass is 10.2. The Morgan fingerprint density at radius 2 is 1.70 bits per heavy atom. The summed E-state index contributed by atoms with van der Waals surface area (Å²) >= 11 is 11.7. The zero-order chi connectivity index (χ0) is 23.4. The van der Waals surface area contributed by atoms with Crippen LogP contribution in [0.4, 0.5) is 11.4 Å². The smallest absolute Gasteiger partial charge is 0.175 e. The van der Waals surface area contributed by atoms with Crippen LogP contribution in [-0.4, -0.2) is 14.9 Å². The van der Waals surface area contributed by atoms with Gasteiger partial charge in [-0.3, -0.25) is 4.68 Å². The highest BCUT2D eigenvalue weighted by molar-refractivity contribution is 7.80. The van der Waals surface area contributed by atoms with Gasteiger partial charge in [-0.15, -0.1) is 0 Å². The molecule has 0 aliphatic heterocycles. The number of halogens is 1. The van der Waals surface area contributed by atoms with E-state index in [1.54, 1.807) is 0 Å². The van der Waals surface area contributed by atoms with Crippen molar-refractivity contribution < 1.29 is 4.74 Å². The Kier molecular flexibility index (Phi) is 6.96. The van der Waals surface area contributed by atoms with E-state index in [0.717, 1.165) is 45.4 Å². The molecule has 0 atom stereocenters. The second-order valence-electron chi connectivity index (χ2n) is 7.80. The SMILES string of the molecule is Cc1ccc(Cl)cc1NC(=S)Nc1c(C)nn(Cc2cccc(Oc3ccccc3)c2)c1C. The Labute approximate surface area is 204 Å². The van der Waals surface area contributed by atoms with Crippen LogP contribution in [0.5, 0.6) is 11.5 Å². The summed E-state index contributed by atoms with van der Waals surface area (Å²) in [7, 11) is 0. The molecule has 0 aliphatic rings. The quantitative estimate of drug-likeness (QED) is 0.290. The Balaban J connectivity index is 1.47. The summed E-state index contributed by atoms with van der Waals surface area (Å²) in [6.45, 7) is 6.62. The number of rotatable bonds is 6. The first-order chi connectivity index (χ1) is 15.9. The van der Waals surface area contributed by atoms with Crippen LogP contribution < -0.4 is 15.4 Å². The zero-order valence-electron chi connectivity index (χ0n) is 18.7. The minimum absolute atomic E-state index is 0.490. The number of nitrogens with one attached hydrogen (secondary N) is 2. The normalized spacial score (nSPS) is 10.7. The summed E-state index contributed by atoms with van der Waals surface area (Å²) in [5.41, 5.74) is 5.79. The second kappa shape index (κ2) is 10.1. The lowest BCUT2D eigenvalue weighted by Crippen LogP contribution is -2.20. The number of thiocarbonyl (C=S) groups is 1. The number of hydrogen-bond acceptors (Lipinski definition) is 3. The van der Waals surface area contributed by atoms with Crippen LogP contribution in [0.25, 0.3) is 0 Å². The van der Waals surface area contributed by atoms with Gasteiger partial charge in [0.15, 0.2) is 5.11 Å². The van der Waals surface area contributed by atoms with Gasteiger partial charge in [-0.1, -0.05) is 48.0 Å². The highest BCUT2D eigenvalue weighted by Crippen LogP contribution is 2.25. The van der Waals surface area contributed by atoms with Gasteiger partial charge in [-0.05, 0) is 80.5 Å². The van der Waals surface area contributed by atoms with E-state index in [2.05, 4.69) is 16.7 Å². The van der Waals surface area contributed by atoms with Gasteiger partial charge in [0.05, 0.1) is 23.6 Å². The summed E-state index contributed by atoms with van der Waals surface area (Å²) in [5, 5.41) is 12.4. The number of nitrogens with zero attached hydrogens (tertiary/aromatic N) is 2. The van der Waals surface area contributed by atoms with E-state index in [1.165, 1.54) is 0 Å². The summed E-state index contributed by atoms with van der Waals surface area (Å²) in [6.07, 6.45) is 0. The largest absolute Gasteiger partial charge is 0.457 e. The molecule has 0 aliphatic carbocycles. The van der Waals surface area contributed by atoms with Crippen molar-refractivity contribution in [3.05, 3.63) is 100 Å². The van der Waals surface area contributed by atoms with Gasteiger partial charge in [0.25, 0.3) is 0 Å². The van der Waals surface area contributed by atoms with E-state index in [0.29, 0.717) is 16.7 Å². The van der Waals surface area contributed by atoms with Crippen molar-refractivity contribution in [2.24, 2.45) is 0 Å². The van der Waals surface area contributed by atoms with Crippen molar-refractivity contribution in [3.63, 3.8) is 0 Å². The molecule has 33 heavy (non-hydrogen) atoms. The number of benzene rings is 3. The molecule has 4 rings (SSSR count). The molecule has 0 spiro atoms. The zero-order valence-corrected chi connectivity index (χ0v) is 20.3. The van der Waals surface area contributed by atoms with Crippen molar-refractivity contribution >= 4 is 40.3 Å². The molecule has 0 saturated carbocycles. The van der Waals surface area contributed by atoms with E-state index in [-0.39, 0.29) is 0 Å². The number of aryl methyl sites for hydroxylation is 2. The molecule has 0 amide bonds.